The lowest BCUT2D eigenvalue weighted by Crippen LogP contribution is -2.23. The lowest BCUT2D eigenvalue weighted by molar-refractivity contribution is -0.117. The summed E-state index contributed by atoms with van der Waals surface area (Å²) in [6, 6.07) is 17.3. The van der Waals surface area contributed by atoms with E-state index in [0.29, 0.717) is 41.9 Å². The van der Waals surface area contributed by atoms with Crippen molar-refractivity contribution in [1.29, 1.82) is 0 Å². The van der Waals surface area contributed by atoms with Crippen LogP contribution in [0.25, 0.3) is 5.69 Å². The van der Waals surface area contributed by atoms with E-state index in [2.05, 4.69) is 15.5 Å². The van der Waals surface area contributed by atoms with Gasteiger partial charge in [-0.25, -0.2) is 0 Å². The van der Waals surface area contributed by atoms with Crippen molar-refractivity contribution in [2.75, 3.05) is 29.6 Å². The molecule has 0 radical (unpaired) electrons. The van der Waals surface area contributed by atoms with Crippen LogP contribution in [0.4, 0.5) is 11.4 Å². The van der Waals surface area contributed by atoms with Crippen molar-refractivity contribution in [2.24, 2.45) is 0 Å². The van der Waals surface area contributed by atoms with E-state index in [-0.39, 0.29) is 11.8 Å². The monoisotopic (exact) mass is 451 g/mol. The van der Waals surface area contributed by atoms with Gasteiger partial charge in [-0.05, 0) is 36.8 Å². The molecule has 0 atom stereocenters. The number of benzene rings is 2. The Balaban J connectivity index is 1.36. The van der Waals surface area contributed by atoms with Crippen molar-refractivity contribution in [3.05, 3.63) is 60.4 Å². The third-order valence-corrected chi connectivity index (χ3v) is 5.99. The van der Waals surface area contributed by atoms with E-state index in [1.54, 1.807) is 12.0 Å². The summed E-state index contributed by atoms with van der Waals surface area (Å²) in [7, 11) is 1.62. The molecule has 4 rings (SSSR count). The average Bonchev–Trinajstić information content (AvgIpc) is 3.41. The zero-order valence-electron chi connectivity index (χ0n) is 17.9. The molecule has 2 heterocycles. The zero-order chi connectivity index (χ0) is 22.3. The molecule has 1 N–H and O–H groups in total. The Labute approximate surface area is 191 Å². The van der Waals surface area contributed by atoms with Gasteiger partial charge in [-0.1, -0.05) is 36.0 Å². The van der Waals surface area contributed by atoms with Crippen LogP contribution in [0.3, 0.4) is 0 Å². The largest absolute Gasteiger partial charge is 0.377 e. The first-order valence-electron chi connectivity index (χ1n) is 10.5. The Kier molecular flexibility index (Phi) is 7.18. The smallest absolute Gasteiger partial charge is 0.227 e. The summed E-state index contributed by atoms with van der Waals surface area (Å²) in [4.78, 5) is 26.2. The standard InChI is InChI=1S/C23H25N5O3S/c1-31-16-20-25-26-23(28(20)18-8-3-2-4-9-18)32-14-12-21(29)24-17-7-5-10-19(15-17)27-13-6-11-22(27)30/h2-5,7-10,15H,6,11-14,16H2,1H3,(H,24,29). The van der Waals surface area contributed by atoms with E-state index in [1.807, 2.05) is 59.2 Å². The summed E-state index contributed by atoms with van der Waals surface area (Å²) in [5.41, 5.74) is 2.46. The van der Waals surface area contributed by atoms with Crippen LogP contribution < -0.4 is 10.2 Å². The molecule has 2 amide bonds. The average molecular weight is 452 g/mol. The maximum absolute atomic E-state index is 12.5. The predicted octanol–water partition coefficient (Wildman–Crippen LogP) is 3.66. The number of methoxy groups -OCH3 is 1. The van der Waals surface area contributed by atoms with Gasteiger partial charge in [0.1, 0.15) is 6.61 Å². The molecule has 3 aromatic rings. The third kappa shape index (κ3) is 5.17. The fourth-order valence-corrected chi connectivity index (χ4v) is 4.49. The van der Waals surface area contributed by atoms with Gasteiger partial charge in [-0.2, -0.15) is 0 Å². The van der Waals surface area contributed by atoms with Crippen molar-refractivity contribution in [3.63, 3.8) is 0 Å². The molecule has 32 heavy (non-hydrogen) atoms. The minimum absolute atomic E-state index is 0.0923. The van der Waals surface area contributed by atoms with Crippen LogP contribution in [0.5, 0.6) is 0 Å². The molecule has 0 bridgehead atoms. The molecular formula is C23H25N5O3S. The molecule has 0 aliphatic carbocycles. The highest BCUT2D eigenvalue weighted by Crippen LogP contribution is 2.25. The molecule has 166 valence electrons. The Hall–Kier alpha value is -3.17. The predicted molar refractivity (Wildman–Crippen MR) is 124 cm³/mol. The molecule has 8 nitrogen and oxygen atoms in total. The molecule has 1 aliphatic heterocycles. The maximum atomic E-state index is 12.5. The number of nitrogens with zero attached hydrogens (tertiary/aromatic N) is 4. The highest BCUT2D eigenvalue weighted by molar-refractivity contribution is 7.99. The van der Waals surface area contributed by atoms with Gasteiger partial charge in [0.25, 0.3) is 0 Å². The SMILES string of the molecule is COCc1nnc(SCCC(=O)Nc2cccc(N3CCCC3=O)c2)n1-c1ccccc1. The van der Waals surface area contributed by atoms with Crippen molar-refractivity contribution in [1.82, 2.24) is 14.8 Å². The zero-order valence-corrected chi connectivity index (χ0v) is 18.7. The van der Waals surface area contributed by atoms with Gasteiger partial charge >= 0.3 is 0 Å². The second-order valence-corrected chi connectivity index (χ2v) is 8.41. The van der Waals surface area contributed by atoms with Gasteiger partial charge in [-0.3, -0.25) is 14.2 Å². The van der Waals surface area contributed by atoms with Crippen LogP contribution >= 0.6 is 11.8 Å². The molecule has 2 aromatic carbocycles. The number of hydrogen-bond donors (Lipinski definition) is 1. The van der Waals surface area contributed by atoms with E-state index in [9.17, 15) is 9.59 Å². The molecule has 0 unspecified atom stereocenters. The van der Waals surface area contributed by atoms with Crippen LogP contribution in [-0.2, 0) is 20.9 Å². The Morgan fingerprint density at radius 1 is 1.12 bits per heavy atom. The second-order valence-electron chi connectivity index (χ2n) is 7.35. The minimum Gasteiger partial charge on any atom is -0.377 e. The number of carbonyl (C=O) groups is 2. The van der Waals surface area contributed by atoms with Gasteiger partial charge in [-0.15, -0.1) is 10.2 Å². The number of nitrogens with one attached hydrogen (secondary N) is 1. The summed E-state index contributed by atoms with van der Waals surface area (Å²) < 4.78 is 7.19. The van der Waals surface area contributed by atoms with Crippen molar-refractivity contribution in [2.45, 2.75) is 31.0 Å². The number of thioether (sulfide) groups is 1. The van der Waals surface area contributed by atoms with Gasteiger partial charge in [0.05, 0.1) is 0 Å². The molecule has 1 fully saturated rings. The Bertz CT molecular complexity index is 1090. The summed E-state index contributed by atoms with van der Waals surface area (Å²) in [5.74, 6) is 1.29. The van der Waals surface area contributed by atoms with E-state index in [1.165, 1.54) is 11.8 Å². The number of ether oxygens (including phenoxy) is 1. The normalized spacial score (nSPS) is 13.5. The Morgan fingerprint density at radius 2 is 1.94 bits per heavy atom. The number of carbonyl (C=O) groups excluding carboxylic acids is 2. The van der Waals surface area contributed by atoms with Crippen LogP contribution in [0.2, 0.25) is 0 Å². The summed E-state index contributed by atoms with van der Waals surface area (Å²) >= 11 is 1.47. The first-order chi connectivity index (χ1) is 15.7. The van der Waals surface area contributed by atoms with Crippen LogP contribution in [0.15, 0.2) is 59.8 Å². The van der Waals surface area contributed by atoms with Crippen LogP contribution in [0.1, 0.15) is 25.1 Å². The topological polar surface area (TPSA) is 89.3 Å². The highest BCUT2D eigenvalue weighted by Gasteiger charge is 2.22. The van der Waals surface area contributed by atoms with Crippen molar-refractivity contribution < 1.29 is 14.3 Å². The Morgan fingerprint density at radius 3 is 2.69 bits per heavy atom. The molecule has 0 saturated carbocycles. The van der Waals surface area contributed by atoms with E-state index >= 15 is 0 Å². The van der Waals surface area contributed by atoms with Gasteiger partial charge in [0.2, 0.25) is 11.8 Å². The lowest BCUT2D eigenvalue weighted by atomic mass is 10.2. The quantitative estimate of drug-likeness (QED) is 0.500. The number of aromatic nitrogens is 3. The second kappa shape index (κ2) is 10.4. The summed E-state index contributed by atoms with van der Waals surface area (Å²) in [6.07, 6.45) is 1.76. The van der Waals surface area contributed by atoms with Crippen molar-refractivity contribution >= 4 is 35.0 Å². The third-order valence-electron chi connectivity index (χ3n) is 5.06. The molecular weight excluding hydrogens is 426 g/mol. The van der Waals surface area contributed by atoms with E-state index in [4.69, 9.17) is 4.74 Å². The van der Waals surface area contributed by atoms with Crippen molar-refractivity contribution in [3.8, 4) is 5.69 Å². The van der Waals surface area contributed by atoms with Gasteiger partial charge in [0.15, 0.2) is 11.0 Å². The van der Waals surface area contributed by atoms with Crippen LogP contribution in [-0.4, -0.2) is 46.0 Å². The lowest BCUT2D eigenvalue weighted by Gasteiger charge is -2.16. The number of anilines is 2. The number of para-hydroxylation sites is 1. The van der Waals surface area contributed by atoms with Crippen LogP contribution in [0, 0.1) is 0 Å². The minimum atomic E-state index is -0.0923. The number of amides is 2. The fraction of sp³-hybridized carbons (Fsp3) is 0.304. The summed E-state index contributed by atoms with van der Waals surface area (Å²) in [5, 5.41) is 12.2. The summed E-state index contributed by atoms with van der Waals surface area (Å²) in [6.45, 7) is 1.07. The molecule has 0 spiro atoms. The van der Waals surface area contributed by atoms with Gasteiger partial charge in [0, 0.05) is 49.3 Å². The molecule has 1 saturated heterocycles. The van der Waals surface area contributed by atoms with Gasteiger partial charge < -0.3 is 15.0 Å². The molecule has 9 heteroatoms. The highest BCUT2D eigenvalue weighted by atomic mass is 32.2. The fourth-order valence-electron chi connectivity index (χ4n) is 3.58. The van der Waals surface area contributed by atoms with E-state index < -0.39 is 0 Å². The first-order valence-corrected chi connectivity index (χ1v) is 11.5. The number of hydrogen-bond acceptors (Lipinski definition) is 6. The number of rotatable bonds is 9. The molecule has 1 aliphatic rings. The maximum Gasteiger partial charge on any atom is 0.227 e. The van der Waals surface area contributed by atoms with E-state index in [0.717, 1.165) is 24.3 Å². The molecule has 1 aromatic heterocycles. The first kappa shape index (κ1) is 22.0.